The summed E-state index contributed by atoms with van der Waals surface area (Å²) in [5, 5.41) is 13.3. The number of hydrogen-bond acceptors (Lipinski definition) is 6. The maximum Gasteiger partial charge on any atom is 0.268 e. The number of allylic oxidation sites excluding steroid dienone is 5. The molecule has 0 radical (unpaired) electrons. The molecule has 0 saturated carbocycles. The molecule has 0 heterocycles. The Morgan fingerprint density at radius 2 is 1.36 bits per heavy atom. The fourth-order valence-electron chi connectivity index (χ4n) is 4.48. The van der Waals surface area contributed by atoms with Gasteiger partial charge >= 0.3 is 0 Å². The van der Waals surface area contributed by atoms with Crippen molar-refractivity contribution in [3.63, 3.8) is 0 Å². The molecule has 3 atom stereocenters. The summed E-state index contributed by atoms with van der Waals surface area (Å²) in [6.45, 7) is 4.37. The number of likely N-dealkylation sites (N-methyl/N-ethyl adjacent to an activating group) is 1. The molecule has 9 heteroatoms. The van der Waals surface area contributed by atoms with E-state index < -0.39 is 20.0 Å². The van der Waals surface area contributed by atoms with Crippen LogP contribution in [0, 0.1) is 0 Å². The Morgan fingerprint density at radius 1 is 0.795 bits per heavy atom. The quantitative estimate of drug-likeness (QED) is 0.0359. The molecule has 8 nitrogen and oxygen atoms in total. The number of hydrogen-bond donors (Lipinski definition) is 2. The lowest BCUT2D eigenvalue weighted by atomic mass is 10.1. The van der Waals surface area contributed by atoms with Gasteiger partial charge in [-0.05, 0) is 44.9 Å². The van der Waals surface area contributed by atoms with E-state index in [0.29, 0.717) is 17.4 Å². The predicted octanol–water partition coefficient (Wildman–Crippen LogP) is 7.77. The van der Waals surface area contributed by atoms with Crippen molar-refractivity contribution in [1.29, 1.82) is 0 Å². The number of nitrogens with one attached hydrogen (secondary N) is 1. The standard InChI is InChI=1S/C35H67N2O6P/c1-6-8-10-11-12-13-14-15-16-17-18-19-20-21-22-23-24-25-27-29-35(39)36-33(34(38)28-26-9-7-2)32-43-44(40,41)42-31-30-37(3,4)5/h12-13,15-16,26,28,33-34,38H,6-11,14,17-25,27,29-32H2,1-5H3,(H-,36,39,40,41)/b13-12-,16-15-,28-26+. The fourth-order valence-corrected chi connectivity index (χ4v) is 5.20. The summed E-state index contributed by atoms with van der Waals surface area (Å²) in [6, 6.07) is -0.882. The normalized spacial score (nSPS) is 15.3. The largest absolute Gasteiger partial charge is 0.756 e. The minimum atomic E-state index is -4.56. The van der Waals surface area contributed by atoms with Crippen LogP contribution in [0.5, 0.6) is 0 Å². The molecule has 0 aliphatic rings. The summed E-state index contributed by atoms with van der Waals surface area (Å²) in [5.41, 5.74) is 0. The summed E-state index contributed by atoms with van der Waals surface area (Å²) >= 11 is 0. The zero-order valence-corrected chi connectivity index (χ0v) is 29.7. The number of carbonyl (C=O) groups excluding carboxylic acids is 1. The van der Waals surface area contributed by atoms with Gasteiger partial charge in [0.1, 0.15) is 13.2 Å². The molecular formula is C35H67N2O6P. The molecule has 0 aromatic rings. The molecule has 0 aromatic heterocycles. The molecule has 2 N–H and O–H groups in total. The van der Waals surface area contributed by atoms with Crippen molar-refractivity contribution in [2.45, 2.75) is 142 Å². The number of rotatable bonds is 30. The van der Waals surface area contributed by atoms with Crippen LogP contribution in [0.3, 0.4) is 0 Å². The Morgan fingerprint density at radius 3 is 1.93 bits per heavy atom. The maximum atomic E-state index is 12.6. The molecule has 0 bridgehead atoms. The van der Waals surface area contributed by atoms with Crippen LogP contribution in [0.15, 0.2) is 36.5 Å². The molecule has 3 unspecified atom stereocenters. The van der Waals surface area contributed by atoms with Crippen molar-refractivity contribution in [2.75, 3.05) is 40.9 Å². The average molecular weight is 643 g/mol. The smallest absolute Gasteiger partial charge is 0.268 e. The molecule has 0 saturated heterocycles. The van der Waals surface area contributed by atoms with E-state index in [1.165, 1.54) is 70.6 Å². The molecule has 0 aliphatic carbocycles. The predicted molar refractivity (Wildman–Crippen MR) is 182 cm³/mol. The van der Waals surface area contributed by atoms with Gasteiger partial charge in [-0.3, -0.25) is 9.36 Å². The Bertz CT molecular complexity index is 825. The maximum absolute atomic E-state index is 12.6. The van der Waals surface area contributed by atoms with E-state index in [9.17, 15) is 19.4 Å². The van der Waals surface area contributed by atoms with Crippen LogP contribution in [0.2, 0.25) is 0 Å². The molecule has 0 rings (SSSR count). The first kappa shape index (κ1) is 42.7. The molecule has 258 valence electrons. The second-order valence-electron chi connectivity index (χ2n) is 12.9. The van der Waals surface area contributed by atoms with Crippen LogP contribution in [0.1, 0.15) is 129 Å². The van der Waals surface area contributed by atoms with E-state index >= 15 is 0 Å². The lowest BCUT2D eigenvalue weighted by Gasteiger charge is -2.29. The molecule has 0 spiro atoms. The van der Waals surface area contributed by atoms with E-state index in [4.69, 9.17) is 9.05 Å². The number of phosphoric acid groups is 1. The second kappa shape index (κ2) is 28.0. The fraction of sp³-hybridized carbons (Fsp3) is 0.800. The Kier molecular flexibility index (Phi) is 27.2. The van der Waals surface area contributed by atoms with Gasteiger partial charge in [0.2, 0.25) is 5.91 Å². The summed E-state index contributed by atoms with van der Waals surface area (Å²) in [7, 11) is 1.24. The highest BCUT2D eigenvalue weighted by atomic mass is 31.2. The van der Waals surface area contributed by atoms with Crippen LogP contribution >= 0.6 is 7.82 Å². The van der Waals surface area contributed by atoms with Gasteiger partial charge in [-0.15, -0.1) is 0 Å². The summed E-state index contributed by atoms with van der Waals surface area (Å²) in [6.07, 6.45) is 31.2. The Labute approximate surface area is 270 Å². The summed E-state index contributed by atoms with van der Waals surface area (Å²) < 4.78 is 22.8. The molecule has 0 aromatic carbocycles. The van der Waals surface area contributed by atoms with Crippen molar-refractivity contribution in [1.82, 2.24) is 5.32 Å². The van der Waals surface area contributed by atoms with E-state index in [-0.39, 0.29) is 19.1 Å². The number of carbonyl (C=O) groups is 1. The first-order valence-electron chi connectivity index (χ1n) is 17.4. The monoisotopic (exact) mass is 642 g/mol. The van der Waals surface area contributed by atoms with Gasteiger partial charge in [0.05, 0.1) is 39.9 Å². The lowest BCUT2D eigenvalue weighted by Crippen LogP contribution is -2.45. The zero-order chi connectivity index (χ0) is 32.9. The molecule has 1 amide bonds. The molecule has 44 heavy (non-hydrogen) atoms. The third-order valence-corrected chi connectivity index (χ3v) is 8.29. The Hall–Kier alpha value is -1.28. The van der Waals surface area contributed by atoms with Crippen molar-refractivity contribution in [3.8, 4) is 0 Å². The van der Waals surface area contributed by atoms with Gasteiger partial charge in [-0.1, -0.05) is 115 Å². The summed E-state index contributed by atoms with van der Waals surface area (Å²) in [4.78, 5) is 24.8. The van der Waals surface area contributed by atoms with Crippen molar-refractivity contribution < 1.29 is 32.9 Å². The summed E-state index contributed by atoms with van der Waals surface area (Å²) in [5.74, 6) is -0.217. The number of aliphatic hydroxyl groups is 1. The number of phosphoric ester groups is 1. The first-order chi connectivity index (χ1) is 21.0. The van der Waals surface area contributed by atoms with Crippen LogP contribution in [-0.2, 0) is 18.4 Å². The van der Waals surface area contributed by atoms with Gasteiger partial charge in [0, 0.05) is 6.42 Å². The van der Waals surface area contributed by atoms with Crippen LogP contribution in [-0.4, -0.2) is 68.5 Å². The highest BCUT2D eigenvalue weighted by molar-refractivity contribution is 7.45. The van der Waals surface area contributed by atoms with Gasteiger partial charge in [0.15, 0.2) is 0 Å². The third kappa shape index (κ3) is 29.4. The van der Waals surface area contributed by atoms with Crippen LogP contribution < -0.4 is 10.2 Å². The first-order valence-corrected chi connectivity index (χ1v) is 18.8. The SMILES string of the molecule is CCC/C=C/C(O)C(COP(=O)([O-])OCC[N+](C)(C)C)NC(=O)CCCCCCCCCCC/C=C\C/C=C\CCCCC. The molecule has 0 aliphatic heterocycles. The topological polar surface area (TPSA) is 108 Å². The molecule has 0 fully saturated rings. The number of nitrogens with zero attached hydrogens (tertiary/aromatic N) is 1. The van der Waals surface area contributed by atoms with E-state index in [1.807, 2.05) is 34.1 Å². The number of aliphatic hydroxyl groups excluding tert-OH is 1. The minimum Gasteiger partial charge on any atom is -0.756 e. The average Bonchev–Trinajstić information content (AvgIpc) is 2.95. The van der Waals surface area contributed by atoms with Gasteiger partial charge in [-0.25, -0.2) is 0 Å². The zero-order valence-electron chi connectivity index (χ0n) is 28.9. The minimum absolute atomic E-state index is 0.00453. The highest BCUT2D eigenvalue weighted by Crippen LogP contribution is 2.38. The number of unbranched alkanes of at least 4 members (excludes halogenated alkanes) is 13. The van der Waals surface area contributed by atoms with E-state index in [0.717, 1.165) is 38.5 Å². The lowest BCUT2D eigenvalue weighted by molar-refractivity contribution is -0.870. The van der Waals surface area contributed by atoms with E-state index in [2.05, 4.69) is 36.5 Å². The van der Waals surface area contributed by atoms with Crippen LogP contribution in [0.4, 0.5) is 0 Å². The van der Waals surface area contributed by atoms with Crippen molar-refractivity contribution >= 4 is 13.7 Å². The van der Waals surface area contributed by atoms with Crippen molar-refractivity contribution in [2.24, 2.45) is 0 Å². The Balaban J connectivity index is 4.13. The third-order valence-electron chi connectivity index (χ3n) is 7.33. The highest BCUT2D eigenvalue weighted by Gasteiger charge is 2.23. The van der Waals surface area contributed by atoms with Crippen molar-refractivity contribution in [3.05, 3.63) is 36.5 Å². The van der Waals surface area contributed by atoms with Gasteiger partial charge < -0.3 is 28.8 Å². The van der Waals surface area contributed by atoms with Gasteiger partial charge in [0.25, 0.3) is 7.82 Å². The number of amides is 1. The van der Waals surface area contributed by atoms with Crippen LogP contribution in [0.25, 0.3) is 0 Å². The van der Waals surface area contributed by atoms with Gasteiger partial charge in [-0.2, -0.15) is 0 Å². The molecular weight excluding hydrogens is 575 g/mol. The van der Waals surface area contributed by atoms with E-state index in [1.54, 1.807) is 6.08 Å². The number of quaternary nitrogens is 1. The second-order valence-corrected chi connectivity index (χ2v) is 14.3.